The van der Waals surface area contributed by atoms with E-state index >= 15 is 0 Å². The number of fused-ring (bicyclic) bond motifs is 1. The van der Waals surface area contributed by atoms with Crippen molar-refractivity contribution in [2.24, 2.45) is 0 Å². The van der Waals surface area contributed by atoms with E-state index in [1.807, 2.05) is 37.3 Å². The highest BCUT2D eigenvalue weighted by molar-refractivity contribution is 6.20. The molecule has 0 unspecified atom stereocenters. The van der Waals surface area contributed by atoms with Crippen molar-refractivity contribution in [3.8, 4) is 11.1 Å². The van der Waals surface area contributed by atoms with Gasteiger partial charge in [-0.2, -0.15) is 0 Å². The van der Waals surface area contributed by atoms with Gasteiger partial charge in [-0.3, -0.25) is 14.4 Å². The Morgan fingerprint density at radius 1 is 0.731 bits per heavy atom. The second-order valence-corrected chi connectivity index (χ2v) is 6.18. The first kappa shape index (κ1) is 16.2. The van der Waals surface area contributed by atoms with Crippen molar-refractivity contribution >= 4 is 11.8 Å². The molecule has 4 heteroatoms. The zero-order valence-corrected chi connectivity index (χ0v) is 14.3. The highest BCUT2D eigenvalue weighted by atomic mass is 16.7. The largest absolute Gasteiger partial charge is 0.285 e. The third-order valence-electron chi connectivity index (χ3n) is 4.64. The van der Waals surface area contributed by atoms with E-state index in [1.54, 1.807) is 24.3 Å². The molecule has 0 fully saturated rings. The lowest BCUT2D eigenvalue weighted by Gasteiger charge is -2.16. The van der Waals surface area contributed by atoms with Gasteiger partial charge in [0.25, 0.3) is 11.8 Å². The number of hydrogen-bond acceptors (Lipinski definition) is 3. The minimum Gasteiger partial charge on any atom is -0.266 e. The van der Waals surface area contributed by atoms with E-state index in [0.717, 1.165) is 27.3 Å². The molecule has 26 heavy (non-hydrogen) atoms. The number of benzene rings is 3. The maximum atomic E-state index is 12.4. The summed E-state index contributed by atoms with van der Waals surface area (Å²) in [7, 11) is 0. The number of amides is 2. The van der Waals surface area contributed by atoms with Crippen LogP contribution in [-0.4, -0.2) is 16.9 Å². The summed E-state index contributed by atoms with van der Waals surface area (Å²) >= 11 is 0. The quantitative estimate of drug-likeness (QED) is 0.660. The van der Waals surface area contributed by atoms with Crippen molar-refractivity contribution in [1.29, 1.82) is 0 Å². The second-order valence-electron chi connectivity index (χ2n) is 6.18. The van der Waals surface area contributed by atoms with Crippen molar-refractivity contribution in [3.05, 3.63) is 95.1 Å². The molecular weight excluding hydrogens is 326 g/mol. The van der Waals surface area contributed by atoms with Crippen LogP contribution in [0.15, 0.2) is 72.8 Å². The van der Waals surface area contributed by atoms with Crippen LogP contribution in [0.4, 0.5) is 0 Å². The Bertz CT molecular complexity index is 960. The summed E-state index contributed by atoms with van der Waals surface area (Å²) in [6, 6.07) is 22.8. The van der Waals surface area contributed by atoms with Gasteiger partial charge in [-0.1, -0.05) is 60.7 Å². The molecule has 3 aromatic rings. The number of hydrogen-bond donors (Lipinski definition) is 0. The van der Waals surface area contributed by atoms with Crippen molar-refractivity contribution < 1.29 is 14.4 Å². The lowest BCUT2D eigenvalue weighted by atomic mass is 9.97. The molecular formula is C22H17NO3. The van der Waals surface area contributed by atoms with Crippen LogP contribution in [0.1, 0.15) is 31.8 Å². The molecule has 128 valence electrons. The summed E-state index contributed by atoms with van der Waals surface area (Å²) in [4.78, 5) is 30.4. The van der Waals surface area contributed by atoms with Gasteiger partial charge in [0.2, 0.25) is 0 Å². The van der Waals surface area contributed by atoms with Crippen LogP contribution in [0.2, 0.25) is 0 Å². The molecule has 0 atom stereocenters. The van der Waals surface area contributed by atoms with Crippen molar-refractivity contribution in [1.82, 2.24) is 5.06 Å². The van der Waals surface area contributed by atoms with Crippen LogP contribution in [0.3, 0.4) is 0 Å². The molecule has 2 amide bonds. The summed E-state index contributed by atoms with van der Waals surface area (Å²) in [6.45, 7) is 2.17. The van der Waals surface area contributed by atoms with Crippen molar-refractivity contribution in [3.63, 3.8) is 0 Å². The monoisotopic (exact) mass is 343 g/mol. The van der Waals surface area contributed by atoms with E-state index in [1.165, 1.54) is 0 Å². The minimum atomic E-state index is -0.414. The molecule has 1 aliphatic heterocycles. The molecule has 0 N–H and O–H groups in total. The summed E-state index contributed by atoms with van der Waals surface area (Å²) in [5.41, 5.74) is 4.99. The Kier molecular flexibility index (Phi) is 4.11. The molecule has 3 aromatic carbocycles. The predicted molar refractivity (Wildman–Crippen MR) is 98.3 cm³/mol. The summed E-state index contributed by atoms with van der Waals surface area (Å²) in [5.74, 6) is -0.829. The average molecular weight is 343 g/mol. The predicted octanol–water partition coefficient (Wildman–Crippen LogP) is 4.39. The molecule has 0 saturated carbocycles. The van der Waals surface area contributed by atoms with Gasteiger partial charge < -0.3 is 0 Å². The number of imide groups is 1. The van der Waals surface area contributed by atoms with E-state index in [0.29, 0.717) is 11.1 Å². The number of rotatable bonds is 4. The van der Waals surface area contributed by atoms with Crippen molar-refractivity contribution in [2.75, 3.05) is 0 Å². The first-order chi connectivity index (χ1) is 12.7. The maximum Gasteiger partial charge on any atom is 0.285 e. The summed E-state index contributed by atoms with van der Waals surface area (Å²) in [6.07, 6.45) is 0. The smallest absolute Gasteiger partial charge is 0.266 e. The number of nitrogens with zero attached hydrogens (tertiary/aromatic N) is 1. The van der Waals surface area contributed by atoms with Crippen LogP contribution in [0.25, 0.3) is 11.1 Å². The number of carbonyl (C=O) groups is 2. The highest BCUT2D eigenvalue weighted by Gasteiger charge is 2.36. The molecule has 1 heterocycles. The van der Waals surface area contributed by atoms with Crippen molar-refractivity contribution in [2.45, 2.75) is 13.5 Å². The maximum absolute atomic E-state index is 12.4. The summed E-state index contributed by atoms with van der Waals surface area (Å²) in [5, 5.41) is 0.860. The zero-order chi connectivity index (χ0) is 18.1. The Morgan fingerprint density at radius 3 is 1.96 bits per heavy atom. The summed E-state index contributed by atoms with van der Waals surface area (Å²) < 4.78 is 0. The molecule has 0 aliphatic carbocycles. The fraction of sp³-hybridized carbons (Fsp3) is 0.0909. The molecule has 0 bridgehead atoms. The van der Waals surface area contributed by atoms with Crippen LogP contribution in [0, 0.1) is 6.92 Å². The third kappa shape index (κ3) is 2.70. The van der Waals surface area contributed by atoms with Crippen LogP contribution >= 0.6 is 0 Å². The lowest BCUT2D eigenvalue weighted by Crippen LogP contribution is -2.29. The molecule has 1 aliphatic rings. The molecule has 0 aromatic heterocycles. The van der Waals surface area contributed by atoms with Crippen LogP contribution in [0.5, 0.6) is 0 Å². The Hall–Kier alpha value is -3.24. The first-order valence-corrected chi connectivity index (χ1v) is 8.41. The van der Waals surface area contributed by atoms with E-state index in [-0.39, 0.29) is 6.61 Å². The SMILES string of the molecule is Cc1c(CON2C(=O)c3ccccc3C2=O)cccc1-c1ccccc1. The van der Waals surface area contributed by atoms with Crippen LogP contribution in [-0.2, 0) is 11.4 Å². The number of carbonyl (C=O) groups excluding carboxylic acids is 2. The topological polar surface area (TPSA) is 46.6 Å². The van der Waals surface area contributed by atoms with Gasteiger partial charge >= 0.3 is 0 Å². The van der Waals surface area contributed by atoms with Gasteiger partial charge in [-0.15, -0.1) is 5.06 Å². The van der Waals surface area contributed by atoms with Gasteiger partial charge in [0, 0.05) is 0 Å². The molecule has 0 radical (unpaired) electrons. The Labute approximate surface area is 151 Å². The minimum absolute atomic E-state index is 0.151. The van der Waals surface area contributed by atoms with Gasteiger partial charge in [-0.05, 0) is 41.3 Å². The van der Waals surface area contributed by atoms with Gasteiger partial charge in [0.05, 0.1) is 11.1 Å². The van der Waals surface area contributed by atoms with E-state index < -0.39 is 11.8 Å². The zero-order valence-electron chi connectivity index (χ0n) is 14.3. The second kappa shape index (κ2) is 6.58. The van der Waals surface area contributed by atoms with Gasteiger partial charge in [-0.25, -0.2) is 0 Å². The first-order valence-electron chi connectivity index (χ1n) is 8.41. The van der Waals surface area contributed by atoms with Gasteiger partial charge in [0.15, 0.2) is 0 Å². The molecule has 4 rings (SSSR count). The third-order valence-corrected chi connectivity index (χ3v) is 4.64. The van der Waals surface area contributed by atoms with E-state index in [2.05, 4.69) is 18.2 Å². The fourth-order valence-corrected chi connectivity index (χ4v) is 3.19. The standard InChI is InChI=1S/C22H17NO3/c1-15-17(10-7-13-18(15)16-8-3-2-4-9-16)14-26-23-21(24)19-11-5-6-12-20(19)22(23)25/h2-13H,14H2,1H3. The average Bonchev–Trinajstić information content (AvgIpc) is 2.93. The fourth-order valence-electron chi connectivity index (χ4n) is 3.19. The number of hydroxylamine groups is 2. The normalized spacial score (nSPS) is 13.2. The molecule has 0 saturated heterocycles. The lowest BCUT2D eigenvalue weighted by molar-refractivity contribution is -0.101. The van der Waals surface area contributed by atoms with E-state index in [4.69, 9.17) is 4.84 Å². The van der Waals surface area contributed by atoms with Gasteiger partial charge in [0.1, 0.15) is 6.61 Å². The molecule has 4 nitrogen and oxygen atoms in total. The van der Waals surface area contributed by atoms with E-state index in [9.17, 15) is 9.59 Å². The van der Waals surface area contributed by atoms with Crippen LogP contribution < -0.4 is 0 Å². The Balaban J connectivity index is 1.57. The Morgan fingerprint density at radius 2 is 1.31 bits per heavy atom. The highest BCUT2D eigenvalue weighted by Crippen LogP contribution is 2.27. The molecule has 0 spiro atoms.